The van der Waals surface area contributed by atoms with E-state index in [-0.39, 0.29) is 26.1 Å². The molecule has 0 heterocycles. The molecule has 0 aromatic rings. The first-order valence-corrected chi connectivity index (χ1v) is 3.83. The van der Waals surface area contributed by atoms with Crippen LogP contribution >= 0.6 is 0 Å². The van der Waals surface area contributed by atoms with Crippen LogP contribution in [0.2, 0.25) is 0 Å². The normalized spacial score (nSPS) is 22.0. The number of rotatable bonds is 3. The lowest BCUT2D eigenvalue weighted by molar-refractivity contribution is -0.305. The molecule has 0 radical (unpaired) electrons. The second-order valence-corrected chi connectivity index (χ2v) is 2.92. The molecule has 72 valence electrons. The highest BCUT2D eigenvalue weighted by Crippen LogP contribution is 2.47. The van der Waals surface area contributed by atoms with Crippen molar-refractivity contribution >= 4 is 0 Å². The summed E-state index contributed by atoms with van der Waals surface area (Å²) in [5.41, 5.74) is -1.95. The summed E-state index contributed by atoms with van der Waals surface area (Å²) in [4.78, 5) is 0. The van der Waals surface area contributed by atoms with E-state index in [0.717, 1.165) is 0 Å². The van der Waals surface area contributed by atoms with Gasteiger partial charge in [0.1, 0.15) is 0 Å². The number of alkyl halides is 3. The highest BCUT2D eigenvalue weighted by Gasteiger charge is 2.59. The van der Waals surface area contributed by atoms with Crippen LogP contribution in [-0.2, 0) is 4.74 Å². The van der Waals surface area contributed by atoms with Gasteiger partial charge in [-0.15, -0.1) is 0 Å². The average molecular weight is 184 g/mol. The highest BCUT2D eigenvalue weighted by molar-refractivity contribution is 4.96. The fraction of sp³-hybridized carbons (Fsp3) is 1.00. The van der Waals surface area contributed by atoms with Gasteiger partial charge in [-0.05, 0) is 19.3 Å². The van der Waals surface area contributed by atoms with Crippen LogP contribution < -0.4 is 0 Å². The van der Waals surface area contributed by atoms with Crippen molar-refractivity contribution < 1.29 is 23.0 Å². The number of hydrogen-bond donors (Lipinski definition) is 1. The van der Waals surface area contributed by atoms with Gasteiger partial charge in [-0.3, -0.25) is 0 Å². The van der Waals surface area contributed by atoms with Gasteiger partial charge in [0.25, 0.3) is 0 Å². The largest absolute Gasteiger partial charge is 0.417 e. The molecule has 12 heavy (non-hydrogen) atoms. The van der Waals surface area contributed by atoms with Gasteiger partial charge in [-0.25, -0.2) is 0 Å². The predicted octanol–water partition coefficient (Wildman–Crippen LogP) is 1.48. The third-order valence-electron chi connectivity index (χ3n) is 2.15. The lowest BCUT2D eigenvalue weighted by Crippen LogP contribution is -2.53. The maximum atomic E-state index is 12.3. The molecule has 0 aromatic carbocycles. The number of aliphatic hydroxyl groups is 1. The van der Waals surface area contributed by atoms with Crippen LogP contribution in [0, 0.1) is 0 Å². The molecule has 1 fully saturated rings. The van der Waals surface area contributed by atoms with Crippen molar-refractivity contribution in [1.29, 1.82) is 0 Å². The van der Waals surface area contributed by atoms with E-state index in [1.807, 2.05) is 0 Å². The Morgan fingerprint density at radius 1 is 1.33 bits per heavy atom. The summed E-state index contributed by atoms with van der Waals surface area (Å²) < 4.78 is 41.4. The summed E-state index contributed by atoms with van der Waals surface area (Å²) in [5, 5.41) is 8.32. The lowest BCUT2D eigenvalue weighted by atomic mass is 9.79. The van der Waals surface area contributed by atoms with Crippen molar-refractivity contribution in [2.75, 3.05) is 13.2 Å². The van der Waals surface area contributed by atoms with E-state index in [1.54, 1.807) is 0 Å². The van der Waals surface area contributed by atoms with E-state index < -0.39 is 11.8 Å². The molecule has 2 nitrogen and oxygen atoms in total. The Hall–Kier alpha value is -0.290. The van der Waals surface area contributed by atoms with Gasteiger partial charge in [-0.1, -0.05) is 0 Å². The molecule has 0 saturated heterocycles. The first-order chi connectivity index (χ1) is 5.52. The Balaban J connectivity index is 2.51. The van der Waals surface area contributed by atoms with Crippen LogP contribution in [0.25, 0.3) is 0 Å². The molecular weight excluding hydrogens is 173 g/mol. The van der Waals surface area contributed by atoms with E-state index in [1.165, 1.54) is 0 Å². The Kier molecular flexibility index (Phi) is 2.63. The van der Waals surface area contributed by atoms with Crippen molar-refractivity contribution in [3.63, 3.8) is 0 Å². The molecule has 0 aromatic heterocycles. The zero-order chi connectivity index (χ0) is 9.24. The molecule has 5 heteroatoms. The van der Waals surface area contributed by atoms with Gasteiger partial charge in [0.05, 0.1) is 13.2 Å². The van der Waals surface area contributed by atoms with Gasteiger partial charge in [0.15, 0.2) is 5.60 Å². The summed E-state index contributed by atoms with van der Waals surface area (Å²) >= 11 is 0. The highest BCUT2D eigenvalue weighted by atomic mass is 19.4. The van der Waals surface area contributed by atoms with Gasteiger partial charge in [0.2, 0.25) is 0 Å². The summed E-state index contributed by atoms with van der Waals surface area (Å²) in [6.07, 6.45) is -3.70. The average Bonchev–Trinajstić information content (AvgIpc) is 1.82. The Bertz CT molecular complexity index is 151. The van der Waals surface area contributed by atoms with Crippen molar-refractivity contribution in [1.82, 2.24) is 0 Å². The van der Waals surface area contributed by atoms with Crippen LogP contribution in [0.3, 0.4) is 0 Å². The zero-order valence-electron chi connectivity index (χ0n) is 6.52. The number of hydrogen-bond acceptors (Lipinski definition) is 2. The maximum Gasteiger partial charge on any atom is 0.417 e. The molecule has 1 aliphatic carbocycles. The van der Waals surface area contributed by atoms with Gasteiger partial charge < -0.3 is 9.84 Å². The lowest BCUT2D eigenvalue weighted by Gasteiger charge is -2.42. The van der Waals surface area contributed by atoms with E-state index in [0.29, 0.717) is 6.42 Å². The van der Waals surface area contributed by atoms with E-state index in [4.69, 9.17) is 5.11 Å². The molecule has 1 N–H and O–H groups in total. The first kappa shape index (κ1) is 9.80. The van der Waals surface area contributed by atoms with Crippen LogP contribution in [0.4, 0.5) is 13.2 Å². The third kappa shape index (κ3) is 1.56. The topological polar surface area (TPSA) is 29.5 Å². The molecular formula is C7H11F3O2. The Morgan fingerprint density at radius 3 is 2.17 bits per heavy atom. The van der Waals surface area contributed by atoms with E-state index in [9.17, 15) is 13.2 Å². The maximum absolute atomic E-state index is 12.3. The standard InChI is InChI=1S/C7H11F3O2/c8-7(9,10)6(2-1-3-6)12-5-4-11/h11H,1-5H2. The molecule has 1 aliphatic rings. The molecule has 0 amide bonds. The summed E-state index contributed by atoms with van der Waals surface area (Å²) in [6, 6.07) is 0. The second-order valence-electron chi connectivity index (χ2n) is 2.92. The van der Waals surface area contributed by atoms with Crippen LogP contribution in [0.15, 0.2) is 0 Å². The van der Waals surface area contributed by atoms with Crippen LogP contribution in [0.5, 0.6) is 0 Å². The molecule has 0 bridgehead atoms. The minimum atomic E-state index is -4.29. The van der Waals surface area contributed by atoms with Gasteiger partial charge in [-0.2, -0.15) is 13.2 Å². The summed E-state index contributed by atoms with van der Waals surface area (Å²) in [6.45, 7) is -0.600. The second kappa shape index (κ2) is 3.22. The fourth-order valence-corrected chi connectivity index (χ4v) is 1.25. The molecule has 1 rings (SSSR count). The van der Waals surface area contributed by atoms with Crippen LogP contribution in [0.1, 0.15) is 19.3 Å². The van der Waals surface area contributed by atoms with E-state index in [2.05, 4.69) is 4.74 Å². The van der Waals surface area contributed by atoms with Gasteiger partial charge >= 0.3 is 6.18 Å². The van der Waals surface area contributed by atoms with Crippen molar-refractivity contribution in [2.45, 2.75) is 31.0 Å². The quantitative estimate of drug-likeness (QED) is 0.719. The molecule has 0 spiro atoms. The molecule has 0 atom stereocenters. The third-order valence-corrected chi connectivity index (χ3v) is 2.15. The van der Waals surface area contributed by atoms with Crippen molar-refractivity contribution in [3.05, 3.63) is 0 Å². The molecule has 0 aliphatic heterocycles. The molecule has 0 unspecified atom stereocenters. The Morgan fingerprint density at radius 2 is 1.92 bits per heavy atom. The van der Waals surface area contributed by atoms with Crippen molar-refractivity contribution in [2.24, 2.45) is 0 Å². The summed E-state index contributed by atoms with van der Waals surface area (Å²) in [5.74, 6) is 0. The molecule has 1 saturated carbocycles. The SMILES string of the molecule is OCCOC1(C(F)(F)F)CCC1. The monoisotopic (exact) mass is 184 g/mol. The smallest absolute Gasteiger partial charge is 0.394 e. The van der Waals surface area contributed by atoms with Crippen LogP contribution in [-0.4, -0.2) is 30.1 Å². The predicted molar refractivity (Wildman–Crippen MR) is 35.7 cm³/mol. The summed E-state index contributed by atoms with van der Waals surface area (Å²) in [7, 11) is 0. The minimum absolute atomic E-state index is 0.0243. The van der Waals surface area contributed by atoms with E-state index >= 15 is 0 Å². The number of halogens is 3. The fourth-order valence-electron chi connectivity index (χ4n) is 1.25. The Labute approximate surface area is 68.3 Å². The number of aliphatic hydroxyl groups excluding tert-OH is 1. The van der Waals surface area contributed by atoms with Crippen molar-refractivity contribution in [3.8, 4) is 0 Å². The zero-order valence-corrected chi connectivity index (χ0v) is 6.52. The van der Waals surface area contributed by atoms with Gasteiger partial charge in [0, 0.05) is 0 Å². The number of ether oxygens (including phenoxy) is 1. The minimum Gasteiger partial charge on any atom is -0.394 e. The first-order valence-electron chi connectivity index (χ1n) is 3.83.